The van der Waals surface area contributed by atoms with Crippen LogP contribution in [0.1, 0.15) is 23.2 Å². The second kappa shape index (κ2) is 5.27. The molecule has 0 aliphatic carbocycles. The Morgan fingerprint density at radius 1 is 1.45 bits per heavy atom. The lowest BCUT2D eigenvalue weighted by Gasteiger charge is -2.33. The second-order valence-electron chi connectivity index (χ2n) is 5.50. The fourth-order valence-electron chi connectivity index (χ4n) is 2.68. The first-order chi connectivity index (χ1) is 9.56. The Labute approximate surface area is 122 Å². The Bertz CT molecular complexity index is 690. The summed E-state index contributed by atoms with van der Waals surface area (Å²) < 4.78 is 0. The van der Waals surface area contributed by atoms with Crippen molar-refractivity contribution >= 4 is 21.6 Å². The number of fused-ring (bicyclic) bond motifs is 1. The minimum atomic E-state index is -0.00497. The molecule has 0 unspecified atom stereocenters. The molecule has 1 saturated heterocycles. The molecule has 20 heavy (non-hydrogen) atoms. The van der Waals surface area contributed by atoms with Gasteiger partial charge in [-0.15, -0.1) is 11.3 Å². The monoisotopic (exact) mass is 292 g/mol. The minimum absolute atomic E-state index is 0.00497. The lowest BCUT2D eigenvalue weighted by molar-refractivity contribution is 0.162. The number of aryl methyl sites for hydroxylation is 2. The van der Waals surface area contributed by atoms with Gasteiger partial charge in [0, 0.05) is 30.6 Å². The molecule has 108 valence electrons. The summed E-state index contributed by atoms with van der Waals surface area (Å²) in [6, 6.07) is 0.469. The quantitative estimate of drug-likeness (QED) is 0.878. The molecule has 1 aliphatic rings. The van der Waals surface area contributed by atoms with Gasteiger partial charge >= 0.3 is 0 Å². The molecule has 1 atom stereocenters. The molecule has 0 saturated carbocycles. The van der Waals surface area contributed by atoms with Crippen LogP contribution in [0.5, 0.6) is 0 Å². The van der Waals surface area contributed by atoms with Gasteiger partial charge in [-0.3, -0.25) is 9.69 Å². The van der Waals surface area contributed by atoms with Gasteiger partial charge < -0.3 is 10.3 Å². The van der Waals surface area contributed by atoms with Gasteiger partial charge in [-0.2, -0.15) is 0 Å². The molecule has 0 spiro atoms. The maximum absolute atomic E-state index is 12.2. The van der Waals surface area contributed by atoms with Gasteiger partial charge in [0.05, 0.1) is 11.9 Å². The molecule has 6 heteroatoms. The van der Waals surface area contributed by atoms with E-state index in [0.29, 0.717) is 12.6 Å². The average Bonchev–Trinajstić information content (AvgIpc) is 2.68. The molecule has 0 bridgehead atoms. The summed E-state index contributed by atoms with van der Waals surface area (Å²) in [6.07, 6.45) is 0. The van der Waals surface area contributed by atoms with Crippen molar-refractivity contribution in [1.82, 2.24) is 20.2 Å². The number of hydrogen-bond acceptors (Lipinski definition) is 5. The smallest absolute Gasteiger partial charge is 0.259 e. The Kier molecular flexibility index (Phi) is 3.62. The number of thiophene rings is 1. The summed E-state index contributed by atoms with van der Waals surface area (Å²) in [7, 11) is 0. The van der Waals surface area contributed by atoms with E-state index in [1.54, 1.807) is 11.3 Å². The number of aromatic nitrogens is 2. The lowest BCUT2D eigenvalue weighted by Crippen LogP contribution is -2.49. The van der Waals surface area contributed by atoms with E-state index in [1.807, 2.05) is 13.8 Å². The largest absolute Gasteiger partial charge is 0.314 e. The molecule has 3 rings (SSSR count). The predicted molar refractivity (Wildman–Crippen MR) is 82.5 cm³/mol. The molecular formula is C14H20N4OS. The molecule has 0 aromatic carbocycles. The van der Waals surface area contributed by atoms with Crippen molar-refractivity contribution < 1.29 is 0 Å². The van der Waals surface area contributed by atoms with E-state index in [9.17, 15) is 4.79 Å². The maximum Gasteiger partial charge on any atom is 0.259 e. The van der Waals surface area contributed by atoms with Crippen LogP contribution < -0.4 is 10.9 Å². The number of H-pyrrole nitrogens is 1. The molecular weight excluding hydrogens is 272 g/mol. The van der Waals surface area contributed by atoms with Crippen LogP contribution in [-0.2, 0) is 6.54 Å². The summed E-state index contributed by atoms with van der Waals surface area (Å²) >= 11 is 1.61. The summed E-state index contributed by atoms with van der Waals surface area (Å²) in [5, 5.41) is 4.12. The normalized spacial score (nSPS) is 20.6. The third-order valence-corrected chi connectivity index (χ3v) is 5.18. The first-order valence-electron chi connectivity index (χ1n) is 7.00. The van der Waals surface area contributed by atoms with Gasteiger partial charge in [0.2, 0.25) is 0 Å². The number of nitrogens with zero attached hydrogens (tertiary/aromatic N) is 2. The molecule has 2 aromatic heterocycles. The van der Waals surface area contributed by atoms with E-state index < -0.39 is 0 Å². The molecule has 1 fully saturated rings. The predicted octanol–water partition coefficient (Wildman–Crippen LogP) is 1.40. The van der Waals surface area contributed by atoms with Crippen LogP contribution in [0.25, 0.3) is 10.2 Å². The number of aromatic amines is 1. The van der Waals surface area contributed by atoms with Crippen molar-refractivity contribution in [3.63, 3.8) is 0 Å². The summed E-state index contributed by atoms with van der Waals surface area (Å²) in [4.78, 5) is 24.2. The van der Waals surface area contributed by atoms with E-state index >= 15 is 0 Å². The molecule has 2 aromatic rings. The zero-order valence-electron chi connectivity index (χ0n) is 12.1. The zero-order chi connectivity index (χ0) is 14.3. The van der Waals surface area contributed by atoms with E-state index in [2.05, 4.69) is 27.1 Å². The van der Waals surface area contributed by atoms with Crippen LogP contribution in [-0.4, -0.2) is 40.5 Å². The molecule has 1 aliphatic heterocycles. The minimum Gasteiger partial charge on any atom is -0.314 e. The number of hydrogen-bond donors (Lipinski definition) is 2. The Morgan fingerprint density at radius 2 is 2.25 bits per heavy atom. The SMILES string of the molecule is Cc1sc2nc(CN3CCNC[C@H]3C)[nH]c(=O)c2c1C. The second-order valence-corrected chi connectivity index (χ2v) is 6.70. The van der Waals surface area contributed by atoms with Crippen molar-refractivity contribution in [3.8, 4) is 0 Å². The highest BCUT2D eigenvalue weighted by Crippen LogP contribution is 2.25. The van der Waals surface area contributed by atoms with Crippen molar-refractivity contribution in [3.05, 3.63) is 26.6 Å². The Morgan fingerprint density at radius 3 is 3.00 bits per heavy atom. The Hall–Kier alpha value is -1.24. The standard InChI is InChI=1S/C14H20N4OS/c1-8-6-15-4-5-18(8)7-11-16-13(19)12-9(2)10(3)20-14(12)17-11/h8,15H,4-7H2,1-3H3,(H,16,17,19)/t8-/m1/s1. The van der Waals surface area contributed by atoms with Crippen molar-refractivity contribution in [2.45, 2.75) is 33.4 Å². The van der Waals surface area contributed by atoms with Gasteiger partial charge in [-0.25, -0.2) is 4.98 Å². The first-order valence-corrected chi connectivity index (χ1v) is 7.81. The van der Waals surface area contributed by atoms with Gasteiger partial charge in [0.1, 0.15) is 10.7 Å². The highest BCUT2D eigenvalue weighted by molar-refractivity contribution is 7.18. The molecule has 2 N–H and O–H groups in total. The van der Waals surface area contributed by atoms with Crippen molar-refractivity contribution in [1.29, 1.82) is 0 Å². The molecule has 0 radical (unpaired) electrons. The lowest BCUT2D eigenvalue weighted by atomic mass is 10.2. The van der Waals surface area contributed by atoms with E-state index in [-0.39, 0.29) is 5.56 Å². The van der Waals surface area contributed by atoms with Gasteiger partial charge in [0.15, 0.2) is 0 Å². The van der Waals surface area contributed by atoms with Crippen molar-refractivity contribution in [2.24, 2.45) is 0 Å². The van der Waals surface area contributed by atoms with Crippen LogP contribution in [0.3, 0.4) is 0 Å². The van der Waals surface area contributed by atoms with Crippen molar-refractivity contribution in [2.75, 3.05) is 19.6 Å². The van der Waals surface area contributed by atoms with Gasteiger partial charge in [-0.05, 0) is 26.3 Å². The fraction of sp³-hybridized carbons (Fsp3) is 0.571. The third kappa shape index (κ3) is 2.39. The van der Waals surface area contributed by atoms with Crippen LogP contribution in [0.2, 0.25) is 0 Å². The number of rotatable bonds is 2. The highest BCUT2D eigenvalue weighted by atomic mass is 32.1. The Balaban J connectivity index is 1.94. The maximum atomic E-state index is 12.2. The molecule has 3 heterocycles. The zero-order valence-corrected chi connectivity index (χ0v) is 12.9. The number of nitrogens with one attached hydrogen (secondary N) is 2. The van der Waals surface area contributed by atoms with E-state index in [4.69, 9.17) is 0 Å². The fourth-order valence-corrected chi connectivity index (χ4v) is 3.73. The molecule has 0 amide bonds. The van der Waals surface area contributed by atoms with E-state index in [0.717, 1.165) is 41.2 Å². The van der Waals surface area contributed by atoms with Crippen LogP contribution in [0.4, 0.5) is 0 Å². The molecule has 5 nitrogen and oxygen atoms in total. The topological polar surface area (TPSA) is 61.0 Å². The van der Waals surface area contributed by atoms with Crippen LogP contribution >= 0.6 is 11.3 Å². The summed E-state index contributed by atoms with van der Waals surface area (Å²) in [6.45, 7) is 9.91. The van der Waals surface area contributed by atoms with E-state index in [1.165, 1.54) is 4.88 Å². The first kappa shape index (κ1) is 13.7. The number of piperazine rings is 1. The summed E-state index contributed by atoms with van der Waals surface area (Å²) in [5.41, 5.74) is 1.05. The highest BCUT2D eigenvalue weighted by Gasteiger charge is 2.19. The third-order valence-electron chi connectivity index (χ3n) is 4.08. The van der Waals surface area contributed by atoms with Gasteiger partial charge in [-0.1, -0.05) is 0 Å². The average molecular weight is 292 g/mol. The summed E-state index contributed by atoms with van der Waals surface area (Å²) in [5.74, 6) is 0.775. The van der Waals surface area contributed by atoms with Gasteiger partial charge in [0.25, 0.3) is 5.56 Å². The van der Waals surface area contributed by atoms with Crippen LogP contribution in [0.15, 0.2) is 4.79 Å². The van der Waals surface area contributed by atoms with Crippen LogP contribution in [0, 0.1) is 13.8 Å².